The van der Waals surface area contributed by atoms with Gasteiger partial charge in [0.05, 0.1) is 18.4 Å². The fourth-order valence-electron chi connectivity index (χ4n) is 5.30. The maximum absolute atomic E-state index is 14.6. The highest BCUT2D eigenvalue weighted by Crippen LogP contribution is 2.26. The van der Waals surface area contributed by atoms with Crippen LogP contribution in [-0.4, -0.2) is 75.0 Å². The SMILES string of the molecule is CC1CN(CC2CCN(C(=O)c3cnn(-c4ccccc4F)c3-n3cccc3)CC2)CC(C)O1. The largest absolute Gasteiger partial charge is 0.373 e. The van der Waals surface area contributed by atoms with Gasteiger partial charge in [0.25, 0.3) is 5.91 Å². The van der Waals surface area contributed by atoms with Crippen molar-refractivity contribution in [3.8, 4) is 11.5 Å². The average Bonchev–Trinajstić information content (AvgIpc) is 3.49. The lowest BCUT2D eigenvalue weighted by Crippen LogP contribution is -2.48. The van der Waals surface area contributed by atoms with Crippen LogP contribution >= 0.6 is 0 Å². The molecule has 0 bridgehead atoms. The van der Waals surface area contributed by atoms with Crippen LogP contribution in [0.15, 0.2) is 55.0 Å². The molecule has 2 aliphatic rings. The molecule has 0 aliphatic carbocycles. The monoisotopic (exact) mass is 465 g/mol. The fourth-order valence-corrected chi connectivity index (χ4v) is 5.30. The summed E-state index contributed by atoms with van der Waals surface area (Å²) >= 11 is 0. The van der Waals surface area contributed by atoms with Gasteiger partial charge in [-0.25, -0.2) is 9.07 Å². The number of nitrogens with zero attached hydrogens (tertiary/aromatic N) is 5. The van der Waals surface area contributed by atoms with Gasteiger partial charge in [0.2, 0.25) is 0 Å². The van der Waals surface area contributed by atoms with Gasteiger partial charge in [0.15, 0.2) is 5.82 Å². The van der Waals surface area contributed by atoms with E-state index in [4.69, 9.17) is 4.74 Å². The second-order valence-corrected chi connectivity index (χ2v) is 9.55. The van der Waals surface area contributed by atoms with Crippen molar-refractivity contribution >= 4 is 5.91 Å². The minimum absolute atomic E-state index is 0.0571. The second-order valence-electron chi connectivity index (χ2n) is 9.55. The zero-order valence-electron chi connectivity index (χ0n) is 19.8. The number of hydrogen-bond acceptors (Lipinski definition) is 4. The molecule has 1 amide bonds. The van der Waals surface area contributed by atoms with Gasteiger partial charge in [-0.05, 0) is 56.9 Å². The number of morpholine rings is 1. The van der Waals surface area contributed by atoms with Gasteiger partial charge in [-0.3, -0.25) is 9.69 Å². The molecule has 0 spiro atoms. The third-order valence-corrected chi connectivity index (χ3v) is 6.82. The number of amides is 1. The Bertz CT molecular complexity index is 1110. The van der Waals surface area contributed by atoms with Crippen molar-refractivity contribution in [2.24, 2.45) is 5.92 Å². The van der Waals surface area contributed by atoms with Crippen molar-refractivity contribution in [3.63, 3.8) is 0 Å². The van der Waals surface area contributed by atoms with Crippen LogP contribution in [0.1, 0.15) is 37.0 Å². The van der Waals surface area contributed by atoms with E-state index >= 15 is 0 Å². The Morgan fingerprint density at radius 2 is 1.74 bits per heavy atom. The lowest BCUT2D eigenvalue weighted by molar-refractivity contribution is -0.0728. The van der Waals surface area contributed by atoms with Gasteiger partial charge in [-0.1, -0.05) is 12.1 Å². The van der Waals surface area contributed by atoms with Gasteiger partial charge in [0, 0.05) is 45.1 Å². The summed E-state index contributed by atoms with van der Waals surface area (Å²) in [5, 5.41) is 4.42. The standard InChI is InChI=1S/C26H32FN5O2/c1-19-16-29(17-20(2)34-19)18-21-9-13-31(14-10-21)26(33)22-15-28-32(24-8-4-3-7-23(24)27)25(22)30-11-5-6-12-30/h3-8,11-12,15,19-21H,9-10,13-14,16-18H2,1-2H3. The van der Waals surface area contributed by atoms with E-state index in [1.54, 1.807) is 24.4 Å². The van der Waals surface area contributed by atoms with Gasteiger partial charge in [0.1, 0.15) is 17.1 Å². The first-order valence-corrected chi connectivity index (χ1v) is 12.1. The molecule has 5 rings (SSSR count). The molecule has 3 aromatic rings. The summed E-state index contributed by atoms with van der Waals surface area (Å²) < 4.78 is 23.8. The molecule has 0 radical (unpaired) electrons. The van der Waals surface area contributed by atoms with Crippen LogP contribution < -0.4 is 0 Å². The van der Waals surface area contributed by atoms with E-state index in [1.807, 2.05) is 34.0 Å². The third kappa shape index (κ3) is 4.65. The van der Waals surface area contributed by atoms with E-state index in [0.717, 1.165) is 45.6 Å². The minimum atomic E-state index is -0.384. The van der Waals surface area contributed by atoms with Crippen molar-refractivity contribution in [2.75, 3.05) is 32.7 Å². The molecular formula is C26H32FN5O2. The first kappa shape index (κ1) is 22.8. The number of hydrogen-bond donors (Lipinski definition) is 0. The predicted octanol–water partition coefficient (Wildman–Crippen LogP) is 3.76. The summed E-state index contributed by atoms with van der Waals surface area (Å²) in [6.45, 7) is 8.70. The highest BCUT2D eigenvalue weighted by molar-refractivity contribution is 5.97. The number of piperidine rings is 1. The molecule has 4 heterocycles. The minimum Gasteiger partial charge on any atom is -0.373 e. The number of carbonyl (C=O) groups is 1. The number of ether oxygens (including phenoxy) is 1. The van der Waals surface area contributed by atoms with Crippen LogP contribution in [0.5, 0.6) is 0 Å². The Morgan fingerprint density at radius 3 is 2.41 bits per heavy atom. The highest BCUT2D eigenvalue weighted by atomic mass is 19.1. The molecule has 2 aliphatic heterocycles. The second kappa shape index (κ2) is 9.72. The first-order valence-electron chi connectivity index (χ1n) is 12.1. The van der Waals surface area contributed by atoms with Crippen LogP contribution in [-0.2, 0) is 4.74 Å². The van der Waals surface area contributed by atoms with Gasteiger partial charge < -0.3 is 14.2 Å². The lowest BCUT2D eigenvalue weighted by atomic mass is 9.95. The summed E-state index contributed by atoms with van der Waals surface area (Å²) in [6.07, 6.45) is 7.75. The topological polar surface area (TPSA) is 55.5 Å². The smallest absolute Gasteiger partial charge is 0.259 e. The fraction of sp³-hybridized carbons (Fsp3) is 0.462. The maximum Gasteiger partial charge on any atom is 0.259 e. The molecule has 2 atom stereocenters. The van der Waals surface area contributed by atoms with Crippen molar-refractivity contribution in [1.29, 1.82) is 0 Å². The van der Waals surface area contributed by atoms with Crippen LogP contribution in [0.25, 0.3) is 11.5 Å². The number of halogens is 1. The molecule has 0 N–H and O–H groups in total. The third-order valence-electron chi connectivity index (χ3n) is 6.82. The number of rotatable bonds is 5. The number of aromatic nitrogens is 3. The van der Waals surface area contributed by atoms with Crippen molar-refractivity contribution in [1.82, 2.24) is 24.1 Å². The van der Waals surface area contributed by atoms with E-state index in [1.165, 1.54) is 10.7 Å². The highest BCUT2D eigenvalue weighted by Gasteiger charge is 2.30. The van der Waals surface area contributed by atoms with E-state index in [0.29, 0.717) is 23.0 Å². The molecule has 2 saturated heterocycles. The number of likely N-dealkylation sites (tertiary alicyclic amines) is 1. The maximum atomic E-state index is 14.6. The van der Waals surface area contributed by atoms with Gasteiger partial charge in [-0.2, -0.15) is 5.10 Å². The molecule has 1 aromatic carbocycles. The number of para-hydroxylation sites is 1. The zero-order chi connectivity index (χ0) is 23.7. The average molecular weight is 466 g/mol. The predicted molar refractivity (Wildman–Crippen MR) is 128 cm³/mol. The van der Waals surface area contributed by atoms with E-state index in [2.05, 4.69) is 23.8 Å². The summed E-state index contributed by atoms with van der Waals surface area (Å²) in [5.74, 6) is 0.689. The van der Waals surface area contributed by atoms with Gasteiger partial charge >= 0.3 is 0 Å². The van der Waals surface area contributed by atoms with E-state index in [9.17, 15) is 9.18 Å². The first-order chi connectivity index (χ1) is 16.5. The van der Waals surface area contributed by atoms with Gasteiger partial charge in [-0.15, -0.1) is 0 Å². The van der Waals surface area contributed by atoms with Crippen molar-refractivity contribution in [2.45, 2.75) is 38.9 Å². The molecule has 34 heavy (non-hydrogen) atoms. The summed E-state index contributed by atoms with van der Waals surface area (Å²) in [4.78, 5) is 18.0. The molecule has 8 heteroatoms. The Labute approximate surface area is 199 Å². The van der Waals surface area contributed by atoms with E-state index in [-0.39, 0.29) is 23.9 Å². The number of benzene rings is 1. The van der Waals surface area contributed by atoms with Crippen LogP contribution in [0, 0.1) is 11.7 Å². The lowest BCUT2D eigenvalue weighted by Gasteiger charge is -2.39. The van der Waals surface area contributed by atoms with Crippen LogP contribution in [0.2, 0.25) is 0 Å². The van der Waals surface area contributed by atoms with Crippen LogP contribution in [0.4, 0.5) is 4.39 Å². The zero-order valence-corrected chi connectivity index (χ0v) is 19.8. The number of carbonyl (C=O) groups excluding carboxylic acids is 1. The Hall–Kier alpha value is -2.97. The van der Waals surface area contributed by atoms with E-state index < -0.39 is 0 Å². The molecule has 2 unspecified atom stereocenters. The normalized spacial score (nSPS) is 22.3. The quantitative estimate of drug-likeness (QED) is 0.576. The molecule has 2 aromatic heterocycles. The Morgan fingerprint density at radius 1 is 1.06 bits per heavy atom. The summed E-state index contributed by atoms with van der Waals surface area (Å²) in [7, 11) is 0. The molecular weight excluding hydrogens is 433 g/mol. The van der Waals surface area contributed by atoms with Crippen molar-refractivity contribution in [3.05, 3.63) is 66.4 Å². The summed E-state index contributed by atoms with van der Waals surface area (Å²) in [5.41, 5.74) is 0.798. The molecule has 180 valence electrons. The Kier molecular flexibility index (Phi) is 6.52. The van der Waals surface area contributed by atoms with Crippen molar-refractivity contribution < 1.29 is 13.9 Å². The molecule has 2 fully saturated rings. The van der Waals surface area contributed by atoms with Crippen LogP contribution in [0.3, 0.4) is 0 Å². The summed E-state index contributed by atoms with van der Waals surface area (Å²) in [6, 6.07) is 10.2. The molecule has 0 saturated carbocycles. The molecule has 7 nitrogen and oxygen atoms in total. The Balaban J connectivity index is 1.31.